The van der Waals surface area contributed by atoms with Gasteiger partial charge in [0.05, 0.1) is 19.6 Å². The van der Waals surface area contributed by atoms with Crippen LogP contribution in [0.3, 0.4) is 0 Å². The van der Waals surface area contributed by atoms with Crippen LogP contribution in [0.15, 0.2) is 36.4 Å². The Morgan fingerprint density at radius 3 is 2.41 bits per heavy atom. The van der Waals surface area contributed by atoms with Gasteiger partial charge in [0.2, 0.25) is 0 Å². The lowest BCUT2D eigenvalue weighted by Crippen LogP contribution is -2.34. The minimum absolute atomic E-state index is 0.0905. The van der Waals surface area contributed by atoms with Gasteiger partial charge >= 0.3 is 12.1 Å². The van der Waals surface area contributed by atoms with Gasteiger partial charge in [0.1, 0.15) is 18.0 Å². The SMILES string of the molecule is COc1ccc2cc([C@H](C)C(=O)OCCNC(=O)OC(C)(C)C)ccc2c1. The summed E-state index contributed by atoms with van der Waals surface area (Å²) < 4.78 is 15.6. The maximum Gasteiger partial charge on any atom is 0.407 e. The second kappa shape index (κ2) is 8.75. The molecule has 2 aromatic carbocycles. The van der Waals surface area contributed by atoms with Gasteiger partial charge in [-0.25, -0.2) is 4.79 Å². The van der Waals surface area contributed by atoms with E-state index in [2.05, 4.69) is 5.32 Å². The van der Waals surface area contributed by atoms with Crippen molar-refractivity contribution in [1.82, 2.24) is 5.32 Å². The highest BCUT2D eigenvalue weighted by Gasteiger charge is 2.18. The molecule has 0 aromatic heterocycles. The third-order valence-corrected chi connectivity index (χ3v) is 3.94. The molecule has 0 saturated heterocycles. The van der Waals surface area contributed by atoms with Crippen LogP contribution >= 0.6 is 0 Å². The number of carbonyl (C=O) groups excluding carboxylic acids is 2. The molecule has 0 aliphatic carbocycles. The van der Waals surface area contributed by atoms with Gasteiger partial charge in [0, 0.05) is 0 Å². The molecule has 0 saturated carbocycles. The highest BCUT2D eigenvalue weighted by atomic mass is 16.6. The molecule has 0 aliphatic heterocycles. The van der Waals surface area contributed by atoms with Crippen LogP contribution in [0, 0.1) is 0 Å². The fraction of sp³-hybridized carbons (Fsp3) is 0.429. The summed E-state index contributed by atoms with van der Waals surface area (Å²) in [7, 11) is 1.63. The molecule has 0 fully saturated rings. The molecule has 0 bridgehead atoms. The van der Waals surface area contributed by atoms with Crippen molar-refractivity contribution in [3.05, 3.63) is 42.0 Å². The Morgan fingerprint density at radius 1 is 1.07 bits per heavy atom. The highest BCUT2D eigenvalue weighted by molar-refractivity contribution is 5.86. The maximum absolute atomic E-state index is 12.3. The first-order valence-electron chi connectivity index (χ1n) is 8.91. The standard InChI is InChI=1S/C21H27NO5/c1-14(19(23)26-11-10-22-20(24)27-21(2,3)4)15-6-7-17-13-18(25-5)9-8-16(17)12-15/h6-9,12-14H,10-11H2,1-5H3,(H,22,24)/t14-/m0/s1. The van der Waals surface area contributed by atoms with Gasteiger partial charge in [0.15, 0.2) is 0 Å². The number of methoxy groups -OCH3 is 1. The number of ether oxygens (including phenoxy) is 3. The summed E-state index contributed by atoms with van der Waals surface area (Å²) in [6.07, 6.45) is -0.531. The molecular formula is C21H27NO5. The Kier molecular flexibility index (Phi) is 6.66. The normalized spacial score (nSPS) is 12.3. The Bertz CT molecular complexity index is 810. The first-order chi connectivity index (χ1) is 12.7. The minimum atomic E-state index is -0.560. The molecule has 0 radical (unpaired) electrons. The van der Waals surface area contributed by atoms with Gasteiger partial charge in [0.25, 0.3) is 0 Å². The van der Waals surface area contributed by atoms with Crippen molar-refractivity contribution in [2.45, 2.75) is 39.2 Å². The molecule has 2 aromatic rings. The highest BCUT2D eigenvalue weighted by Crippen LogP contribution is 2.25. The summed E-state index contributed by atoms with van der Waals surface area (Å²) in [5.74, 6) is 0.0482. The lowest BCUT2D eigenvalue weighted by atomic mass is 9.98. The molecule has 1 atom stereocenters. The van der Waals surface area contributed by atoms with E-state index in [1.54, 1.807) is 34.8 Å². The zero-order valence-electron chi connectivity index (χ0n) is 16.5. The number of fused-ring (bicyclic) bond motifs is 1. The van der Waals surface area contributed by atoms with Crippen molar-refractivity contribution in [1.29, 1.82) is 0 Å². The number of carbonyl (C=O) groups is 2. The maximum atomic E-state index is 12.3. The summed E-state index contributed by atoms with van der Waals surface area (Å²) in [5.41, 5.74) is 0.313. The average molecular weight is 373 g/mol. The molecule has 27 heavy (non-hydrogen) atoms. The molecule has 0 spiro atoms. The monoisotopic (exact) mass is 373 g/mol. The molecular weight excluding hydrogens is 346 g/mol. The lowest BCUT2D eigenvalue weighted by molar-refractivity contribution is -0.144. The quantitative estimate of drug-likeness (QED) is 0.611. The topological polar surface area (TPSA) is 73.9 Å². The van der Waals surface area contributed by atoms with Gasteiger partial charge in [-0.1, -0.05) is 24.3 Å². The first-order valence-corrected chi connectivity index (χ1v) is 8.91. The van der Waals surface area contributed by atoms with E-state index in [4.69, 9.17) is 14.2 Å². The summed E-state index contributed by atoms with van der Waals surface area (Å²) in [6.45, 7) is 7.45. The van der Waals surface area contributed by atoms with Crippen LogP contribution in [0.2, 0.25) is 0 Å². The number of rotatable bonds is 6. The van der Waals surface area contributed by atoms with Crippen LogP contribution in [0.4, 0.5) is 4.79 Å². The van der Waals surface area contributed by atoms with Gasteiger partial charge < -0.3 is 19.5 Å². The molecule has 0 heterocycles. The minimum Gasteiger partial charge on any atom is -0.497 e. The van der Waals surface area contributed by atoms with Crippen LogP contribution in [-0.2, 0) is 14.3 Å². The zero-order chi connectivity index (χ0) is 20.0. The number of nitrogens with one attached hydrogen (secondary N) is 1. The number of hydrogen-bond acceptors (Lipinski definition) is 5. The average Bonchev–Trinajstić information content (AvgIpc) is 2.62. The number of alkyl carbamates (subject to hydrolysis) is 1. The third kappa shape index (κ3) is 6.16. The van der Waals surface area contributed by atoms with Crippen LogP contribution in [0.1, 0.15) is 39.2 Å². The molecule has 0 unspecified atom stereocenters. The van der Waals surface area contributed by atoms with E-state index in [1.807, 2.05) is 36.4 Å². The van der Waals surface area contributed by atoms with E-state index in [9.17, 15) is 9.59 Å². The molecule has 6 nitrogen and oxygen atoms in total. The van der Waals surface area contributed by atoms with Gasteiger partial charge in [-0.05, 0) is 56.2 Å². The fourth-order valence-corrected chi connectivity index (χ4v) is 2.52. The summed E-state index contributed by atoms with van der Waals surface area (Å²) in [6, 6.07) is 11.6. The van der Waals surface area contributed by atoms with Crippen LogP contribution < -0.4 is 10.1 Å². The number of amides is 1. The Balaban J connectivity index is 1.87. The third-order valence-electron chi connectivity index (χ3n) is 3.94. The summed E-state index contributed by atoms with van der Waals surface area (Å²) in [5, 5.41) is 4.63. The lowest BCUT2D eigenvalue weighted by Gasteiger charge is -2.19. The summed E-state index contributed by atoms with van der Waals surface area (Å²) in [4.78, 5) is 23.8. The summed E-state index contributed by atoms with van der Waals surface area (Å²) >= 11 is 0. The van der Waals surface area contributed by atoms with E-state index in [0.29, 0.717) is 0 Å². The van der Waals surface area contributed by atoms with E-state index < -0.39 is 17.6 Å². The van der Waals surface area contributed by atoms with E-state index in [1.165, 1.54) is 0 Å². The van der Waals surface area contributed by atoms with Gasteiger partial charge in [-0.3, -0.25) is 4.79 Å². The Morgan fingerprint density at radius 2 is 1.74 bits per heavy atom. The van der Waals surface area contributed by atoms with Crippen LogP contribution in [0.25, 0.3) is 10.8 Å². The molecule has 0 aliphatic rings. The van der Waals surface area contributed by atoms with Crippen molar-refractivity contribution >= 4 is 22.8 Å². The fourth-order valence-electron chi connectivity index (χ4n) is 2.52. The van der Waals surface area contributed by atoms with Crippen molar-refractivity contribution < 1.29 is 23.8 Å². The Labute approximate surface area is 159 Å². The van der Waals surface area contributed by atoms with Gasteiger partial charge in [-0.2, -0.15) is 0 Å². The molecule has 146 valence electrons. The second-order valence-electron chi connectivity index (χ2n) is 7.29. The first kappa shape index (κ1) is 20.6. The van der Waals surface area contributed by atoms with E-state index in [-0.39, 0.29) is 19.1 Å². The number of esters is 1. The van der Waals surface area contributed by atoms with E-state index >= 15 is 0 Å². The van der Waals surface area contributed by atoms with Crippen molar-refractivity contribution in [2.75, 3.05) is 20.3 Å². The Hall–Kier alpha value is -2.76. The number of hydrogen-bond donors (Lipinski definition) is 1. The van der Waals surface area contributed by atoms with Crippen molar-refractivity contribution in [3.8, 4) is 5.75 Å². The van der Waals surface area contributed by atoms with Crippen molar-refractivity contribution in [3.63, 3.8) is 0 Å². The molecule has 6 heteroatoms. The predicted octanol–water partition coefficient (Wildman–Crippen LogP) is 4.02. The predicted molar refractivity (Wildman–Crippen MR) is 104 cm³/mol. The van der Waals surface area contributed by atoms with E-state index in [0.717, 1.165) is 22.1 Å². The largest absolute Gasteiger partial charge is 0.497 e. The van der Waals surface area contributed by atoms with Gasteiger partial charge in [-0.15, -0.1) is 0 Å². The van der Waals surface area contributed by atoms with Crippen molar-refractivity contribution in [2.24, 2.45) is 0 Å². The molecule has 2 rings (SSSR count). The van der Waals surface area contributed by atoms with Crippen LogP contribution in [-0.4, -0.2) is 37.9 Å². The van der Waals surface area contributed by atoms with Crippen LogP contribution in [0.5, 0.6) is 5.75 Å². The molecule has 1 N–H and O–H groups in total. The smallest absolute Gasteiger partial charge is 0.407 e. The molecule has 1 amide bonds. The second-order valence-corrected chi connectivity index (χ2v) is 7.29. The zero-order valence-corrected chi connectivity index (χ0v) is 16.5. The number of benzene rings is 2.